The normalized spacial score (nSPS) is 11.9. The van der Waals surface area contributed by atoms with Crippen molar-refractivity contribution >= 4 is 49.3 Å². The van der Waals surface area contributed by atoms with Gasteiger partial charge in [-0.2, -0.15) is 13.2 Å². The SMILES string of the molecule is [C-]#[N+]c1c(-n2c3ccccc3c3ccc(-c4cc(C)cc(C)c4)cc32)ccc(-c2ccccc2C(F)(F)F)c1-n1c2ccccc2c2ccc(-c3cc(C)cc(C)c3)cc21. The number of aromatic nitrogens is 2. The zero-order valence-corrected chi connectivity index (χ0v) is 33.5. The average molecular weight is 786 g/mol. The number of rotatable bonds is 5. The number of fused-ring (bicyclic) bond motifs is 6. The molecule has 0 spiro atoms. The third kappa shape index (κ3) is 5.96. The lowest BCUT2D eigenvalue weighted by Gasteiger charge is -2.22. The second-order valence-corrected chi connectivity index (χ2v) is 15.9. The van der Waals surface area contributed by atoms with E-state index in [0.717, 1.165) is 94.2 Å². The van der Waals surface area contributed by atoms with Gasteiger partial charge in [0, 0.05) is 21.5 Å². The summed E-state index contributed by atoms with van der Waals surface area (Å²) in [5, 5.41) is 3.90. The molecular formula is C54H38F3N3. The molecule has 2 aromatic heterocycles. The molecule has 10 aromatic rings. The van der Waals surface area contributed by atoms with Crippen LogP contribution in [0.4, 0.5) is 18.9 Å². The highest BCUT2D eigenvalue weighted by Gasteiger charge is 2.35. The van der Waals surface area contributed by atoms with Gasteiger partial charge in [0.25, 0.3) is 0 Å². The lowest BCUT2D eigenvalue weighted by atomic mass is 9.95. The fourth-order valence-corrected chi connectivity index (χ4v) is 9.35. The van der Waals surface area contributed by atoms with Crippen LogP contribution in [0.15, 0.2) is 158 Å². The molecule has 0 bridgehead atoms. The Labute approximate surface area is 346 Å². The molecule has 0 radical (unpaired) electrons. The fraction of sp³-hybridized carbons (Fsp3) is 0.0926. The second kappa shape index (κ2) is 13.9. The standard InChI is InChI=1S/C54H38F3N3/c1-32-24-33(2)27-38(26-32)36-18-20-43-41-13-7-10-16-47(41)59(50(43)30-36)49-23-22-45(40-12-6-9-15-46(40)54(55,56)57)53(52(49)58-5)60-48-17-11-8-14-42(48)44-21-19-37(31-51(44)60)39-28-34(3)25-35(4)29-39/h6-31H,1-4H3. The maximum Gasteiger partial charge on any atom is 0.417 e. The lowest BCUT2D eigenvalue weighted by Crippen LogP contribution is -2.09. The van der Waals surface area contributed by atoms with E-state index in [1.54, 1.807) is 12.1 Å². The minimum Gasteiger partial charge on any atom is -0.319 e. The molecule has 0 aliphatic carbocycles. The number of nitrogens with zero attached hydrogens (tertiary/aromatic N) is 3. The Morgan fingerprint density at radius 3 is 1.43 bits per heavy atom. The zero-order valence-electron chi connectivity index (χ0n) is 33.5. The van der Waals surface area contributed by atoms with Crippen LogP contribution in [-0.4, -0.2) is 9.13 Å². The summed E-state index contributed by atoms with van der Waals surface area (Å²) >= 11 is 0. The molecule has 0 unspecified atom stereocenters. The van der Waals surface area contributed by atoms with Crippen molar-refractivity contribution in [3.8, 4) is 44.8 Å². The average Bonchev–Trinajstić information content (AvgIpc) is 3.74. The first-order chi connectivity index (χ1) is 29.0. The summed E-state index contributed by atoms with van der Waals surface area (Å²) in [6.07, 6.45) is -4.64. The van der Waals surface area contributed by atoms with Crippen molar-refractivity contribution in [3.05, 3.63) is 197 Å². The van der Waals surface area contributed by atoms with Crippen LogP contribution in [-0.2, 0) is 6.18 Å². The molecule has 6 heteroatoms. The quantitative estimate of drug-likeness (QED) is 0.154. The predicted octanol–water partition coefficient (Wildman–Crippen LogP) is 15.7. The van der Waals surface area contributed by atoms with Crippen molar-refractivity contribution in [1.82, 2.24) is 9.13 Å². The van der Waals surface area contributed by atoms with Crippen molar-refractivity contribution in [2.45, 2.75) is 33.9 Å². The van der Waals surface area contributed by atoms with Gasteiger partial charge in [0.1, 0.15) is 0 Å². The van der Waals surface area contributed by atoms with E-state index in [4.69, 9.17) is 6.57 Å². The largest absolute Gasteiger partial charge is 0.417 e. The van der Waals surface area contributed by atoms with E-state index in [1.807, 2.05) is 53.1 Å². The maximum atomic E-state index is 15.0. The molecular weight excluding hydrogens is 748 g/mol. The van der Waals surface area contributed by atoms with Gasteiger partial charge < -0.3 is 9.13 Å². The van der Waals surface area contributed by atoms with Gasteiger partial charge in [-0.1, -0.05) is 144 Å². The molecule has 290 valence electrons. The van der Waals surface area contributed by atoms with Gasteiger partial charge in [-0.25, -0.2) is 4.85 Å². The summed E-state index contributed by atoms with van der Waals surface area (Å²) in [6.45, 7) is 17.3. The van der Waals surface area contributed by atoms with Crippen molar-refractivity contribution in [2.24, 2.45) is 0 Å². The topological polar surface area (TPSA) is 14.2 Å². The van der Waals surface area contributed by atoms with E-state index in [9.17, 15) is 0 Å². The first kappa shape index (κ1) is 36.9. The molecule has 10 rings (SSSR count). The lowest BCUT2D eigenvalue weighted by molar-refractivity contribution is -0.137. The number of alkyl halides is 3. The Morgan fingerprint density at radius 1 is 0.433 bits per heavy atom. The number of halogens is 3. The number of hydrogen-bond donors (Lipinski definition) is 0. The summed E-state index contributed by atoms with van der Waals surface area (Å²) in [5.74, 6) is 0. The third-order valence-corrected chi connectivity index (χ3v) is 11.7. The van der Waals surface area contributed by atoms with E-state index in [-0.39, 0.29) is 11.3 Å². The van der Waals surface area contributed by atoms with Crippen LogP contribution in [0.2, 0.25) is 0 Å². The van der Waals surface area contributed by atoms with Crippen LogP contribution >= 0.6 is 0 Å². The van der Waals surface area contributed by atoms with E-state index in [0.29, 0.717) is 16.9 Å². The van der Waals surface area contributed by atoms with Crippen LogP contribution in [0.25, 0.3) is 93.2 Å². The highest BCUT2D eigenvalue weighted by molar-refractivity contribution is 6.13. The predicted molar refractivity (Wildman–Crippen MR) is 242 cm³/mol. The Kier molecular flexibility index (Phi) is 8.55. The molecule has 0 N–H and O–H groups in total. The first-order valence-corrected chi connectivity index (χ1v) is 19.9. The molecule has 0 aliphatic rings. The van der Waals surface area contributed by atoms with Crippen LogP contribution in [0.5, 0.6) is 0 Å². The van der Waals surface area contributed by atoms with E-state index >= 15 is 13.2 Å². The van der Waals surface area contributed by atoms with Crippen LogP contribution in [0, 0.1) is 34.3 Å². The minimum atomic E-state index is -4.64. The van der Waals surface area contributed by atoms with E-state index in [2.05, 4.69) is 116 Å². The molecule has 3 nitrogen and oxygen atoms in total. The van der Waals surface area contributed by atoms with Gasteiger partial charge in [-0.3, -0.25) is 0 Å². The number of aryl methyl sites for hydroxylation is 4. The summed E-state index contributed by atoms with van der Waals surface area (Å²) in [6, 6.07) is 51.0. The van der Waals surface area contributed by atoms with Crippen molar-refractivity contribution < 1.29 is 13.2 Å². The summed E-state index contributed by atoms with van der Waals surface area (Å²) in [7, 11) is 0. The second-order valence-electron chi connectivity index (χ2n) is 15.9. The molecule has 8 aromatic carbocycles. The Hall–Kier alpha value is -7.36. The minimum absolute atomic E-state index is 0.00664. The Balaban J connectivity index is 1.36. The zero-order chi connectivity index (χ0) is 41.4. The van der Waals surface area contributed by atoms with Gasteiger partial charge in [0.15, 0.2) is 0 Å². The maximum absolute atomic E-state index is 15.0. The van der Waals surface area contributed by atoms with Crippen LogP contribution < -0.4 is 0 Å². The number of benzene rings is 8. The van der Waals surface area contributed by atoms with E-state index in [1.165, 1.54) is 12.1 Å². The smallest absolute Gasteiger partial charge is 0.319 e. The molecule has 0 fully saturated rings. The highest BCUT2D eigenvalue weighted by atomic mass is 19.4. The summed E-state index contributed by atoms with van der Waals surface area (Å²) < 4.78 is 49.2. The van der Waals surface area contributed by atoms with Gasteiger partial charge >= 0.3 is 6.18 Å². The van der Waals surface area contributed by atoms with Crippen molar-refractivity contribution in [3.63, 3.8) is 0 Å². The molecule has 0 aliphatic heterocycles. The van der Waals surface area contributed by atoms with Gasteiger partial charge in [-0.15, -0.1) is 0 Å². The van der Waals surface area contributed by atoms with E-state index < -0.39 is 11.7 Å². The molecule has 0 atom stereocenters. The summed E-state index contributed by atoms with van der Waals surface area (Å²) in [4.78, 5) is 4.32. The van der Waals surface area contributed by atoms with Gasteiger partial charge in [0.05, 0.1) is 45.6 Å². The van der Waals surface area contributed by atoms with Crippen LogP contribution in [0.3, 0.4) is 0 Å². The summed E-state index contributed by atoms with van der Waals surface area (Å²) in [5.41, 5.74) is 12.8. The molecule has 60 heavy (non-hydrogen) atoms. The van der Waals surface area contributed by atoms with Gasteiger partial charge in [-0.05, 0) is 97.5 Å². The Bertz CT molecular complexity index is 3390. The number of hydrogen-bond acceptors (Lipinski definition) is 0. The first-order valence-electron chi connectivity index (χ1n) is 19.9. The van der Waals surface area contributed by atoms with Gasteiger partial charge in [0.2, 0.25) is 5.69 Å². The molecule has 0 saturated heterocycles. The Morgan fingerprint density at radius 2 is 0.900 bits per heavy atom. The molecule has 0 amide bonds. The molecule has 2 heterocycles. The highest BCUT2D eigenvalue weighted by Crippen LogP contribution is 2.48. The fourth-order valence-electron chi connectivity index (χ4n) is 9.35. The van der Waals surface area contributed by atoms with Crippen LogP contribution in [0.1, 0.15) is 27.8 Å². The van der Waals surface area contributed by atoms with Crippen molar-refractivity contribution in [2.75, 3.05) is 0 Å². The van der Waals surface area contributed by atoms with Crippen molar-refractivity contribution in [1.29, 1.82) is 0 Å². The number of para-hydroxylation sites is 2. The third-order valence-electron chi connectivity index (χ3n) is 11.7. The molecule has 0 saturated carbocycles. The monoisotopic (exact) mass is 785 g/mol.